The maximum Gasteiger partial charge on any atom is 0.338 e. The molecule has 0 saturated heterocycles. The van der Waals surface area contributed by atoms with Gasteiger partial charge in [0.1, 0.15) is 0 Å². The highest BCUT2D eigenvalue weighted by Gasteiger charge is 2.35. The molecule has 2 aliphatic rings. The third kappa shape index (κ3) is 4.56. The Bertz CT molecular complexity index is 1430. The Kier molecular flexibility index (Phi) is 6.22. The molecule has 5 rings (SSSR count). The fraction of sp³-hybridized carbons (Fsp3) is 0.185. The minimum Gasteiger partial charge on any atom is -0.452 e. The van der Waals surface area contributed by atoms with Gasteiger partial charge in [-0.05, 0) is 54.3 Å². The molecule has 37 heavy (non-hydrogen) atoms. The summed E-state index contributed by atoms with van der Waals surface area (Å²) < 4.78 is 5.25. The smallest absolute Gasteiger partial charge is 0.338 e. The standard InChI is InChI=1S/C27H21N3O7/c31-24(28-12-4-7-18-14-20(30(35)36)10-11-23(18)28)16-37-27(34)19-6-3-5-17(13-19)15-29-25(32)21-8-1-2-9-22(21)26(29)33/h1-3,5-6,8-11,13-14H,4,7,12,15-16H2. The van der Waals surface area contributed by atoms with Gasteiger partial charge in [0.2, 0.25) is 0 Å². The van der Waals surface area contributed by atoms with Gasteiger partial charge in [0.05, 0.1) is 28.2 Å². The molecule has 0 atom stereocenters. The van der Waals surface area contributed by atoms with Gasteiger partial charge in [-0.2, -0.15) is 0 Å². The van der Waals surface area contributed by atoms with Crippen LogP contribution < -0.4 is 4.90 Å². The van der Waals surface area contributed by atoms with Crippen molar-refractivity contribution in [1.82, 2.24) is 4.90 Å². The molecule has 0 fully saturated rings. The average Bonchev–Trinajstić information content (AvgIpc) is 3.15. The molecule has 2 heterocycles. The lowest BCUT2D eigenvalue weighted by Crippen LogP contribution is -2.38. The van der Waals surface area contributed by atoms with E-state index < -0.39 is 35.2 Å². The van der Waals surface area contributed by atoms with Gasteiger partial charge in [-0.3, -0.25) is 29.4 Å². The van der Waals surface area contributed by atoms with Crippen molar-refractivity contribution in [3.63, 3.8) is 0 Å². The first-order valence-corrected chi connectivity index (χ1v) is 11.6. The highest BCUT2D eigenvalue weighted by atomic mass is 16.6. The largest absolute Gasteiger partial charge is 0.452 e. The summed E-state index contributed by atoms with van der Waals surface area (Å²) >= 11 is 0. The molecule has 0 spiro atoms. The Hall–Kier alpha value is -4.86. The molecule has 0 aromatic heterocycles. The van der Waals surface area contributed by atoms with Crippen LogP contribution in [0, 0.1) is 10.1 Å². The van der Waals surface area contributed by atoms with E-state index in [1.165, 1.54) is 35.2 Å². The van der Waals surface area contributed by atoms with Crippen LogP contribution in [0.5, 0.6) is 0 Å². The SMILES string of the molecule is O=C(OCC(=O)N1CCCc2cc([N+](=O)[O-])ccc21)c1cccc(CN2C(=O)c3ccccc3C2=O)c1. The van der Waals surface area contributed by atoms with Crippen LogP contribution in [0.3, 0.4) is 0 Å². The third-order valence-corrected chi connectivity index (χ3v) is 6.40. The lowest BCUT2D eigenvalue weighted by atomic mass is 10.0. The van der Waals surface area contributed by atoms with Crippen molar-refractivity contribution in [1.29, 1.82) is 0 Å². The van der Waals surface area contributed by atoms with Crippen molar-refractivity contribution in [3.8, 4) is 0 Å². The summed E-state index contributed by atoms with van der Waals surface area (Å²) in [4.78, 5) is 63.9. The summed E-state index contributed by atoms with van der Waals surface area (Å²) in [7, 11) is 0. The highest BCUT2D eigenvalue weighted by molar-refractivity contribution is 6.21. The van der Waals surface area contributed by atoms with Crippen molar-refractivity contribution in [2.75, 3.05) is 18.1 Å². The van der Waals surface area contributed by atoms with Crippen molar-refractivity contribution >= 4 is 35.1 Å². The number of hydrogen-bond donors (Lipinski definition) is 0. The first-order valence-electron chi connectivity index (χ1n) is 11.6. The second-order valence-electron chi connectivity index (χ2n) is 8.74. The molecule has 3 amide bonds. The predicted octanol–water partition coefficient (Wildman–Crippen LogP) is 3.53. The van der Waals surface area contributed by atoms with E-state index in [1.807, 2.05) is 0 Å². The lowest BCUT2D eigenvalue weighted by molar-refractivity contribution is -0.384. The summed E-state index contributed by atoms with van der Waals surface area (Å²) in [6.07, 6.45) is 1.24. The zero-order valence-electron chi connectivity index (χ0n) is 19.6. The summed E-state index contributed by atoms with van der Waals surface area (Å²) in [6.45, 7) is -0.0993. The Morgan fingerprint density at radius 3 is 2.38 bits per heavy atom. The van der Waals surface area contributed by atoms with Crippen LogP contribution in [0.25, 0.3) is 0 Å². The molecule has 0 N–H and O–H groups in total. The van der Waals surface area contributed by atoms with Crippen molar-refractivity contribution < 1.29 is 28.8 Å². The zero-order chi connectivity index (χ0) is 26.1. The number of amides is 3. The molecule has 10 nitrogen and oxygen atoms in total. The Morgan fingerprint density at radius 2 is 1.68 bits per heavy atom. The number of non-ortho nitro benzene ring substituents is 1. The Balaban J connectivity index is 1.24. The quantitative estimate of drug-likeness (QED) is 0.220. The maximum absolute atomic E-state index is 12.8. The number of nitrogens with zero attached hydrogens (tertiary/aromatic N) is 3. The molecule has 0 unspecified atom stereocenters. The molecule has 3 aromatic carbocycles. The minimum absolute atomic E-state index is 0.0108. The highest BCUT2D eigenvalue weighted by Crippen LogP contribution is 2.30. The molecule has 2 aliphatic heterocycles. The number of anilines is 1. The summed E-state index contributed by atoms with van der Waals surface area (Å²) in [6, 6.07) is 17.3. The van der Waals surface area contributed by atoms with E-state index in [-0.39, 0.29) is 17.8 Å². The lowest BCUT2D eigenvalue weighted by Gasteiger charge is -2.29. The van der Waals surface area contributed by atoms with Gasteiger partial charge in [-0.25, -0.2) is 4.79 Å². The predicted molar refractivity (Wildman–Crippen MR) is 131 cm³/mol. The van der Waals surface area contributed by atoms with Gasteiger partial charge in [-0.15, -0.1) is 0 Å². The number of carbonyl (C=O) groups excluding carboxylic acids is 4. The summed E-state index contributed by atoms with van der Waals surface area (Å²) in [5.41, 5.74) is 2.65. The van der Waals surface area contributed by atoms with Crippen LogP contribution in [0.4, 0.5) is 11.4 Å². The number of benzene rings is 3. The fourth-order valence-corrected chi connectivity index (χ4v) is 4.61. The van der Waals surface area contributed by atoms with Crippen LogP contribution in [-0.2, 0) is 22.5 Å². The number of aryl methyl sites for hydroxylation is 1. The maximum atomic E-state index is 12.8. The van der Waals surface area contributed by atoms with Crippen LogP contribution in [0.2, 0.25) is 0 Å². The number of rotatable bonds is 6. The van der Waals surface area contributed by atoms with Crippen LogP contribution >= 0.6 is 0 Å². The summed E-state index contributed by atoms with van der Waals surface area (Å²) in [5.74, 6) is -1.96. The number of carbonyl (C=O) groups is 4. The van der Waals surface area contributed by atoms with Crippen LogP contribution in [-0.4, -0.2) is 46.7 Å². The average molecular weight is 499 g/mol. The normalized spacial score (nSPS) is 14.3. The van der Waals surface area contributed by atoms with Crippen LogP contribution in [0.1, 0.15) is 48.6 Å². The van der Waals surface area contributed by atoms with E-state index in [4.69, 9.17) is 4.74 Å². The van der Waals surface area contributed by atoms with E-state index >= 15 is 0 Å². The number of fused-ring (bicyclic) bond motifs is 2. The molecule has 3 aromatic rings. The Morgan fingerprint density at radius 1 is 0.946 bits per heavy atom. The third-order valence-electron chi connectivity index (χ3n) is 6.40. The van der Waals surface area contributed by atoms with E-state index in [1.54, 1.807) is 36.4 Å². The van der Waals surface area contributed by atoms with Gasteiger partial charge in [-0.1, -0.05) is 24.3 Å². The topological polar surface area (TPSA) is 127 Å². The molecular weight excluding hydrogens is 478 g/mol. The fourth-order valence-electron chi connectivity index (χ4n) is 4.61. The van der Waals surface area contributed by atoms with Crippen molar-refractivity contribution in [2.24, 2.45) is 0 Å². The number of ether oxygens (including phenoxy) is 1. The number of esters is 1. The number of nitro benzene ring substituents is 1. The first-order chi connectivity index (χ1) is 17.8. The molecule has 0 bridgehead atoms. The zero-order valence-corrected chi connectivity index (χ0v) is 19.6. The van der Waals surface area contributed by atoms with Gasteiger partial charge in [0.15, 0.2) is 6.61 Å². The number of imide groups is 1. The molecule has 0 radical (unpaired) electrons. The second kappa shape index (κ2) is 9.65. The number of nitro groups is 1. The molecule has 186 valence electrons. The molecule has 10 heteroatoms. The summed E-state index contributed by atoms with van der Waals surface area (Å²) in [5, 5.41) is 11.1. The molecular formula is C27H21N3O7. The minimum atomic E-state index is -0.724. The van der Waals surface area contributed by atoms with Crippen molar-refractivity contribution in [3.05, 3.63) is 105 Å². The van der Waals surface area contributed by atoms with Gasteiger partial charge in [0.25, 0.3) is 23.4 Å². The number of hydrogen-bond acceptors (Lipinski definition) is 7. The molecule has 0 saturated carbocycles. The molecule has 0 aliphatic carbocycles. The van der Waals surface area contributed by atoms with E-state index in [2.05, 4.69) is 0 Å². The monoisotopic (exact) mass is 499 g/mol. The van der Waals surface area contributed by atoms with E-state index in [0.717, 1.165) is 4.90 Å². The van der Waals surface area contributed by atoms with Gasteiger partial charge < -0.3 is 9.64 Å². The van der Waals surface area contributed by atoms with Gasteiger partial charge in [0, 0.05) is 24.4 Å². The first kappa shape index (κ1) is 23.9. The van der Waals surface area contributed by atoms with Crippen LogP contribution in [0.15, 0.2) is 66.7 Å². The van der Waals surface area contributed by atoms with E-state index in [9.17, 15) is 29.3 Å². The van der Waals surface area contributed by atoms with Crippen molar-refractivity contribution in [2.45, 2.75) is 19.4 Å². The van der Waals surface area contributed by atoms with Gasteiger partial charge >= 0.3 is 5.97 Å². The van der Waals surface area contributed by atoms with E-state index in [0.29, 0.717) is 47.3 Å². The second-order valence-corrected chi connectivity index (χ2v) is 8.74. The Labute approximate surface area is 211 Å².